The number of aromatic amines is 1. The van der Waals surface area contributed by atoms with Gasteiger partial charge in [-0.2, -0.15) is 5.10 Å². The van der Waals surface area contributed by atoms with E-state index in [9.17, 15) is 4.79 Å². The summed E-state index contributed by atoms with van der Waals surface area (Å²) in [6.07, 6.45) is 3.52. The quantitative estimate of drug-likeness (QED) is 0.417. The summed E-state index contributed by atoms with van der Waals surface area (Å²) in [6, 6.07) is 15.7. The van der Waals surface area contributed by atoms with Crippen molar-refractivity contribution in [1.29, 1.82) is 0 Å². The fourth-order valence-corrected chi connectivity index (χ4v) is 4.19. The van der Waals surface area contributed by atoms with Crippen LogP contribution in [-0.4, -0.2) is 33.1 Å². The van der Waals surface area contributed by atoms with Gasteiger partial charge in [0.2, 0.25) is 0 Å². The fourth-order valence-electron chi connectivity index (χ4n) is 3.14. The minimum absolute atomic E-state index is 0.0789. The normalized spacial score (nSPS) is 11.1. The van der Waals surface area contributed by atoms with Gasteiger partial charge in [0, 0.05) is 34.6 Å². The van der Waals surface area contributed by atoms with Crippen LogP contribution in [0.15, 0.2) is 60.9 Å². The van der Waals surface area contributed by atoms with Gasteiger partial charge in [-0.05, 0) is 41.8 Å². The zero-order valence-electron chi connectivity index (χ0n) is 15.4. The van der Waals surface area contributed by atoms with E-state index >= 15 is 0 Å². The Bertz CT molecular complexity index is 1360. The summed E-state index contributed by atoms with van der Waals surface area (Å²) in [5.74, 6) is 1.25. The van der Waals surface area contributed by atoms with Crippen LogP contribution in [0.2, 0.25) is 0 Å². The second-order valence-electron chi connectivity index (χ2n) is 6.50. The zero-order valence-corrected chi connectivity index (χ0v) is 16.2. The van der Waals surface area contributed by atoms with Crippen LogP contribution in [0.1, 0.15) is 9.67 Å². The minimum Gasteiger partial charge on any atom is -0.354 e. The van der Waals surface area contributed by atoms with Crippen molar-refractivity contribution in [3.05, 3.63) is 65.8 Å². The first-order valence-corrected chi connectivity index (χ1v) is 9.80. The van der Waals surface area contributed by atoms with Crippen LogP contribution in [0.3, 0.4) is 0 Å². The fraction of sp³-hybridized carbons (Fsp3) is 0.0476. The predicted octanol–water partition coefficient (Wildman–Crippen LogP) is 4.34. The third kappa shape index (κ3) is 3.30. The summed E-state index contributed by atoms with van der Waals surface area (Å²) in [5, 5.41) is 15.0. The lowest BCUT2D eigenvalue weighted by Crippen LogP contribution is -2.15. The van der Waals surface area contributed by atoms with E-state index in [2.05, 4.69) is 30.8 Å². The molecule has 0 aliphatic rings. The van der Waals surface area contributed by atoms with Crippen LogP contribution >= 0.6 is 11.3 Å². The summed E-state index contributed by atoms with van der Waals surface area (Å²) in [6.45, 7) is 0. The lowest BCUT2D eigenvalue weighted by Gasteiger charge is -2.07. The van der Waals surface area contributed by atoms with E-state index in [1.54, 1.807) is 19.4 Å². The number of anilines is 2. The Morgan fingerprint density at radius 3 is 2.90 bits per heavy atom. The summed E-state index contributed by atoms with van der Waals surface area (Å²) in [7, 11) is 1.63. The number of carbonyl (C=O) groups excluding carboxylic acids is 1. The number of H-pyrrole nitrogens is 1. The van der Waals surface area contributed by atoms with Crippen molar-refractivity contribution in [3.63, 3.8) is 0 Å². The van der Waals surface area contributed by atoms with Gasteiger partial charge in [0.25, 0.3) is 5.91 Å². The highest BCUT2D eigenvalue weighted by Crippen LogP contribution is 2.30. The van der Waals surface area contributed by atoms with Crippen molar-refractivity contribution in [2.24, 2.45) is 0 Å². The summed E-state index contributed by atoms with van der Waals surface area (Å²) >= 11 is 1.46. The van der Waals surface area contributed by atoms with Crippen LogP contribution in [0.4, 0.5) is 11.5 Å². The monoisotopic (exact) mass is 400 g/mol. The second-order valence-corrected chi connectivity index (χ2v) is 7.59. The van der Waals surface area contributed by atoms with E-state index in [1.165, 1.54) is 11.3 Å². The van der Waals surface area contributed by atoms with Crippen LogP contribution in [0.5, 0.6) is 0 Å². The van der Waals surface area contributed by atoms with Crippen LogP contribution in [0, 0.1) is 0 Å². The number of benzene rings is 2. The van der Waals surface area contributed by atoms with Crippen molar-refractivity contribution in [3.8, 4) is 11.4 Å². The van der Waals surface area contributed by atoms with E-state index in [0.717, 1.165) is 32.2 Å². The van der Waals surface area contributed by atoms with Gasteiger partial charge in [-0.25, -0.2) is 9.97 Å². The molecule has 0 aliphatic carbocycles. The number of hydrogen-bond acceptors (Lipinski definition) is 6. The first-order valence-electron chi connectivity index (χ1n) is 8.99. The molecule has 3 N–H and O–H groups in total. The molecule has 0 aliphatic heterocycles. The van der Waals surface area contributed by atoms with Crippen molar-refractivity contribution in [1.82, 2.24) is 25.5 Å². The molecule has 0 saturated heterocycles. The average Bonchev–Trinajstić information content (AvgIpc) is 3.39. The lowest BCUT2D eigenvalue weighted by molar-refractivity contribution is 0.0967. The first kappa shape index (κ1) is 17.3. The standard InChI is InChI=1S/C21H16N6OS/c1-22-21(28)18-9-12-2-3-13(10-17(12)29-18)20-23-7-6-19(26-20)25-15-4-5-16-14(8-15)11-24-27-16/h2-11H,1H3,(H,22,28)(H,24,27)(H,23,25,26). The SMILES string of the molecule is CNC(=O)c1cc2ccc(-c3nccc(Nc4ccc5[nH]ncc5c4)n3)cc2s1. The zero-order chi connectivity index (χ0) is 19.8. The third-order valence-electron chi connectivity index (χ3n) is 4.60. The second kappa shape index (κ2) is 6.99. The molecule has 1 amide bonds. The topological polar surface area (TPSA) is 95.6 Å². The summed E-state index contributed by atoms with van der Waals surface area (Å²) < 4.78 is 1.02. The average molecular weight is 400 g/mol. The molecule has 3 aromatic heterocycles. The summed E-state index contributed by atoms with van der Waals surface area (Å²) in [4.78, 5) is 21.6. The molecule has 7 nitrogen and oxygen atoms in total. The van der Waals surface area contributed by atoms with Gasteiger partial charge in [-0.15, -0.1) is 11.3 Å². The maximum Gasteiger partial charge on any atom is 0.261 e. The molecule has 0 bridgehead atoms. The molecule has 0 atom stereocenters. The highest BCUT2D eigenvalue weighted by Gasteiger charge is 2.11. The Labute approximate surface area is 169 Å². The number of amides is 1. The third-order valence-corrected chi connectivity index (χ3v) is 5.69. The molecule has 0 radical (unpaired) electrons. The minimum atomic E-state index is -0.0789. The molecular formula is C21H16N6OS. The van der Waals surface area contributed by atoms with Crippen molar-refractivity contribution in [2.75, 3.05) is 12.4 Å². The maximum atomic E-state index is 11.9. The van der Waals surface area contributed by atoms with Crippen LogP contribution < -0.4 is 10.6 Å². The van der Waals surface area contributed by atoms with Crippen molar-refractivity contribution >= 4 is 49.7 Å². The smallest absolute Gasteiger partial charge is 0.261 e. The molecule has 0 saturated carbocycles. The van der Waals surface area contributed by atoms with E-state index in [1.807, 2.05) is 48.5 Å². The number of rotatable bonds is 4. The number of nitrogens with one attached hydrogen (secondary N) is 3. The Hall–Kier alpha value is -3.78. The molecule has 5 aromatic rings. The molecule has 3 heterocycles. The first-order chi connectivity index (χ1) is 14.2. The van der Waals surface area contributed by atoms with Gasteiger partial charge in [0.15, 0.2) is 5.82 Å². The number of carbonyl (C=O) groups is 1. The van der Waals surface area contributed by atoms with Gasteiger partial charge in [0.05, 0.1) is 16.6 Å². The highest BCUT2D eigenvalue weighted by atomic mass is 32.1. The van der Waals surface area contributed by atoms with Crippen molar-refractivity contribution in [2.45, 2.75) is 0 Å². The van der Waals surface area contributed by atoms with E-state index in [0.29, 0.717) is 16.5 Å². The molecule has 2 aromatic carbocycles. The molecule has 0 fully saturated rings. The number of aromatic nitrogens is 4. The van der Waals surface area contributed by atoms with Gasteiger partial charge in [0.1, 0.15) is 5.82 Å². The Balaban J connectivity index is 1.46. The number of fused-ring (bicyclic) bond motifs is 2. The van der Waals surface area contributed by atoms with Crippen LogP contribution in [-0.2, 0) is 0 Å². The number of thiophene rings is 1. The Morgan fingerprint density at radius 2 is 2.00 bits per heavy atom. The van der Waals surface area contributed by atoms with E-state index < -0.39 is 0 Å². The number of hydrogen-bond donors (Lipinski definition) is 3. The van der Waals surface area contributed by atoms with Gasteiger partial charge >= 0.3 is 0 Å². The van der Waals surface area contributed by atoms with Crippen molar-refractivity contribution < 1.29 is 4.79 Å². The summed E-state index contributed by atoms with van der Waals surface area (Å²) in [5.41, 5.74) is 2.81. The van der Waals surface area contributed by atoms with Gasteiger partial charge in [-0.1, -0.05) is 12.1 Å². The molecule has 142 valence electrons. The van der Waals surface area contributed by atoms with Crippen LogP contribution in [0.25, 0.3) is 32.4 Å². The Kier molecular flexibility index (Phi) is 4.18. The molecule has 5 rings (SSSR count). The lowest BCUT2D eigenvalue weighted by atomic mass is 10.1. The molecule has 29 heavy (non-hydrogen) atoms. The molecule has 0 spiro atoms. The molecular weight excluding hydrogens is 384 g/mol. The highest BCUT2D eigenvalue weighted by molar-refractivity contribution is 7.20. The molecule has 0 unspecified atom stereocenters. The molecule has 8 heteroatoms. The predicted molar refractivity (Wildman–Crippen MR) is 116 cm³/mol. The largest absolute Gasteiger partial charge is 0.354 e. The van der Waals surface area contributed by atoms with E-state index in [4.69, 9.17) is 0 Å². The van der Waals surface area contributed by atoms with E-state index in [-0.39, 0.29) is 5.91 Å². The Morgan fingerprint density at radius 1 is 1.07 bits per heavy atom. The van der Waals surface area contributed by atoms with Gasteiger partial charge < -0.3 is 10.6 Å². The number of nitrogens with zero attached hydrogens (tertiary/aromatic N) is 3. The maximum absolute atomic E-state index is 11.9. The van der Waals surface area contributed by atoms with Gasteiger partial charge in [-0.3, -0.25) is 9.89 Å².